The van der Waals surface area contributed by atoms with Gasteiger partial charge in [0.25, 0.3) is 0 Å². The van der Waals surface area contributed by atoms with Crippen molar-refractivity contribution < 1.29 is 4.39 Å². The molecule has 0 bridgehead atoms. The minimum Gasteiger partial charge on any atom is -0.356 e. The topological polar surface area (TPSA) is 72.2 Å². The van der Waals surface area contributed by atoms with Gasteiger partial charge in [0.05, 0.1) is 0 Å². The van der Waals surface area contributed by atoms with Crippen molar-refractivity contribution in [3.05, 3.63) is 479 Å². The van der Waals surface area contributed by atoms with Crippen LogP contribution in [-0.4, -0.2) is 0 Å². The molecule has 0 atom stereocenters. The predicted octanol–water partition coefficient (Wildman–Crippen LogP) is 29.6. The molecule has 0 aliphatic carbocycles. The Morgan fingerprint density at radius 1 is 0.182 bits per heavy atom. The van der Waals surface area contributed by atoms with Crippen LogP contribution >= 0.6 is 0 Å². The molecular weight excluding hydrogens is 1340 g/mol. The smallest absolute Gasteiger partial charge is 0.123 e. The van der Waals surface area contributed by atoms with Gasteiger partial charge in [0.2, 0.25) is 0 Å². The van der Waals surface area contributed by atoms with Crippen LogP contribution in [0, 0.1) is 5.82 Å². The molecule has 0 radical (unpaired) electrons. The van der Waals surface area contributed by atoms with Crippen LogP contribution in [0.2, 0.25) is 0 Å². The first-order chi connectivity index (χ1) is 54.4. The van der Waals surface area contributed by atoms with Gasteiger partial charge in [-0.15, -0.1) is 0 Å². The summed E-state index contributed by atoms with van der Waals surface area (Å²) in [5, 5.41) is 22.7. The third-order valence-electron chi connectivity index (χ3n) is 17.5. The van der Waals surface area contributed by atoms with Crippen LogP contribution in [0.5, 0.6) is 0 Å². The number of nitrogens with one attached hydrogen (secondary N) is 6. The lowest BCUT2D eigenvalue weighted by Crippen LogP contribution is -1.91. The van der Waals surface area contributed by atoms with Crippen molar-refractivity contribution in [1.29, 1.82) is 0 Å². The summed E-state index contributed by atoms with van der Waals surface area (Å²) in [4.78, 5) is 0. The highest BCUT2D eigenvalue weighted by Crippen LogP contribution is 2.31. The zero-order valence-electron chi connectivity index (χ0n) is 61.4. The summed E-state index contributed by atoms with van der Waals surface area (Å²) in [6.45, 7) is 2.02. The molecule has 0 unspecified atom stereocenters. The van der Waals surface area contributed by atoms with Gasteiger partial charge in [0, 0.05) is 73.6 Å². The average Bonchev–Trinajstić information content (AvgIpc) is 0.822. The van der Waals surface area contributed by atoms with Crippen LogP contribution in [-0.2, 0) is 0 Å². The van der Waals surface area contributed by atoms with E-state index in [0.29, 0.717) is 0 Å². The van der Waals surface area contributed by atoms with E-state index in [2.05, 4.69) is 323 Å². The van der Waals surface area contributed by atoms with Crippen molar-refractivity contribution in [2.75, 3.05) is 31.9 Å². The Balaban J connectivity index is 0.000000125. The maximum atomic E-state index is 12.6. The molecule has 7 heteroatoms. The molecule has 0 saturated carbocycles. The Bertz CT molecular complexity index is 5320. The van der Waals surface area contributed by atoms with Crippen molar-refractivity contribution >= 4 is 85.1 Å². The van der Waals surface area contributed by atoms with E-state index < -0.39 is 0 Å². The lowest BCUT2D eigenvalue weighted by atomic mass is 10.0. The van der Waals surface area contributed by atoms with Gasteiger partial charge < -0.3 is 31.9 Å². The van der Waals surface area contributed by atoms with Crippen molar-refractivity contribution in [2.24, 2.45) is 0 Å². The molecular formula is C103H87FN6. The Hall–Kier alpha value is -14.5. The van der Waals surface area contributed by atoms with E-state index in [4.69, 9.17) is 0 Å². The number of hydrogen-bond donors (Lipinski definition) is 6. The first-order valence-electron chi connectivity index (χ1n) is 36.8. The largest absolute Gasteiger partial charge is 0.356 e. The van der Waals surface area contributed by atoms with Gasteiger partial charge in [-0.1, -0.05) is 322 Å². The molecule has 0 aliphatic rings. The molecule has 6 N–H and O–H groups in total. The molecule has 17 aromatic rings. The van der Waals surface area contributed by atoms with Crippen LogP contribution < -0.4 is 31.9 Å². The Labute approximate surface area is 647 Å². The molecule has 6 nitrogen and oxygen atoms in total. The number of anilines is 12. The van der Waals surface area contributed by atoms with Crippen LogP contribution in [0.3, 0.4) is 0 Å². The quantitative estimate of drug-likeness (QED) is 0.0546. The fraction of sp³-hybridized carbons (Fsp3) is 0.00971. The lowest BCUT2D eigenvalue weighted by Gasteiger charge is -2.10. The van der Waals surface area contributed by atoms with Crippen molar-refractivity contribution in [2.45, 2.75) is 6.92 Å². The molecule has 17 rings (SSSR count). The maximum absolute atomic E-state index is 12.6. The van der Waals surface area contributed by atoms with Crippen molar-refractivity contribution in [3.8, 4) is 44.5 Å². The number of halogens is 1. The molecule has 0 heterocycles. The second-order valence-corrected chi connectivity index (χ2v) is 25.5. The fourth-order valence-electron chi connectivity index (χ4n) is 11.8. The standard InChI is InChI=1S/C24H19N.C22H17N.C18H15N.C15H15N.C12H10FN.C12H11N/c1-3-7-19(8-4-1)21-11-15-23(16-12-21)25-24-17-13-22(14-18-24)20-9-5-2-6-10-20;1-2-7-17(8-3-1)18-13-15-20(16-14-18)23-22-12-6-10-19-9-4-5-11-21(19)22;1-3-7-15(8-4-1)16-11-13-18(14-12-16)19-17-9-5-2-6-10-17;1-2-6-13-9-11-15(12-10-13)16-14-7-4-3-5-8-14;13-10-6-8-12(9-7-10)14-11-4-2-1-3-5-11;1-3-7-11(8-4-1)13-12-9-5-2-6-10-12/h1-18,25H;1-16,23H;1-14,19H;2-12,16H,1H3;1-9,14H;1-10,13H/b;;;6-2+;;. The summed E-state index contributed by atoms with van der Waals surface area (Å²) in [5.41, 5.74) is 24.1. The highest BCUT2D eigenvalue weighted by atomic mass is 19.1. The summed E-state index contributed by atoms with van der Waals surface area (Å²) in [6.07, 6.45) is 4.13. The summed E-state index contributed by atoms with van der Waals surface area (Å²) in [5.74, 6) is -0.219. The monoisotopic (exact) mass is 1430 g/mol. The molecule has 0 aliphatic heterocycles. The molecule has 0 amide bonds. The number of rotatable bonds is 17. The van der Waals surface area contributed by atoms with E-state index in [1.54, 1.807) is 12.1 Å². The Kier molecular flexibility index (Phi) is 28.2. The number of para-hydroxylation sites is 5. The molecule has 536 valence electrons. The molecule has 0 fully saturated rings. The average molecular weight is 1430 g/mol. The van der Waals surface area contributed by atoms with Crippen LogP contribution in [0.15, 0.2) is 467 Å². The van der Waals surface area contributed by atoms with Crippen LogP contribution in [0.1, 0.15) is 12.5 Å². The number of hydrogen-bond acceptors (Lipinski definition) is 6. The highest BCUT2D eigenvalue weighted by molar-refractivity contribution is 5.95. The minimum absolute atomic E-state index is 0.219. The van der Waals surface area contributed by atoms with Gasteiger partial charge in [0.15, 0.2) is 0 Å². The minimum atomic E-state index is -0.219. The third kappa shape index (κ3) is 24.3. The van der Waals surface area contributed by atoms with Gasteiger partial charge in [0.1, 0.15) is 5.82 Å². The third-order valence-corrected chi connectivity index (χ3v) is 17.5. The zero-order valence-corrected chi connectivity index (χ0v) is 61.4. The van der Waals surface area contributed by atoms with E-state index >= 15 is 0 Å². The van der Waals surface area contributed by atoms with Crippen LogP contribution in [0.4, 0.5) is 72.6 Å². The van der Waals surface area contributed by atoms with Gasteiger partial charge in [-0.05, 0) is 214 Å². The van der Waals surface area contributed by atoms with E-state index in [1.807, 2.05) is 165 Å². The van der Waals surface area contributed by atoms with Gasteiger partial charge in [-0.25, -0.2) is 4.39 Å². The molecule has 0 saturated heterocycles. The molecule has 0 aromatic heterocycles. The fourth-order valence-corrected chi connectivity index (χ4v) is 11.8. The normalized spacial score (nSPS) is 10.2. The van der Waals surface area contributed by atoms with Gasteiger partial charge in [-0.2, -0.15) is 0 Å². The van der Waals surface area contributed by atoms with Crippen LogP contribution in [0.25, 0.3) is 61.4 Å². The van der Waals surface area contributed by atoms with Crippen molar-refractivity contribution in [1.82, 2.24) is 0 Å². The van der Waals surface area contributed by atoms with Crippen molar-refractivity contribution in [3.63, 3.8) is 0 Å². The second kappa shape index (κ2) is 41.2. The Morgan fingerprint density at radius 3 is 0.673 bits per heavy atom. The number of allylic oxidation sites excluding steroid dienone is 1. The summed E-state index contributed by atoms with van der Waals surface area (Å²) < 4.78 is 12.6. The number of benzene rings is 17. The van der Waals surface area contributed by atoms with Gasteiger partial charge >= 0.3 is 0 Å². The van der Waals surface area contributed by atoms with E-state index in [-0.39, 0.29) is 5.82 Å². The van der Waals surface area contributed by atoms with E-state index in [9.17, 15) is 4.39 Å². The first-order valence-corrected chi connectivity index (χ1v) is 36.8. The predicted molar refractivity (Wildman–Crippen MR) is 471 cm³/mol. The molecule has 0 spiro atoms. The summed E-state index contributed by atoms with van der Waals surface area (Å²) in [6, 6.07) is 156. The highest BCUT2D eigenvalue weighted by Gasteiger charge is 2.06. The Morgan fingerprint density at radius 2 is 0.391 bits per heavy atom. The SMILES string of the molecule is C/C=C/c1ccc(Nc2ccccc2)cc1.Fc1ccc(Nc2ccccc2)cc1.c1ccc(-c2ccc(Nc3ccc(-c4ccccc4)cc3)cc2)cc1.c1ccc(-c2ccc(Nc3cccc4ccccc34)cc2)cc1.c1ccc(Nc2ccc(-c3ccccc3)cc2)cc1.c1ccc(Nc2ccccc2)cc1. The number of fused-ring (bicyclic) bond motifs is 1. The zero-order chi connectivity index (χ0) is 75.3. The summed E-state index contributed by atoms with van der Waals surface area (Å²) in [7, 11) is 0. The van der Waals surface area contributed by atoms with E-state index in [1.165, 1.54) is 73.0 Å². The van der Waals surface area contributed by atoms with Gasteiger partial charge in [-0.3, -0.25) is 0 Å². The molecule has 17 aromatic carbocycles. The van der Waals surface area contributed by atoms with E-state index in [0.717, 1.165) is 68.2 Å². The first kappa shape index (κ1) is 75.2. The summed E-state index contributed by atoms with van der Waals surface area (Å²) >= 11 is 0. The maximum Gasteiger partial charge on any atom is 0.123 e. The molecule has 110 heavy (non-hydrogen) atoms. The lowest BCUT2D eigenvalue weighted by molar-refractivity contribution is 0.628. The second-order valence-electron chi connectivity index (χ2n) is 25.5.